The Bertz CT molecular complexity index is 931. The molecular formula is C22H24ClN3O2. The van der Waals surface area contributed by atoms with Crippen LogP contribution in [-0.4, -0.2) is 32.6 Å². The molecule has 28 heavy (non-hydrogen) atoms. The molecule has 1 amide bonds. The van der Waals surface area contributed by atoms with Crippen molar-refractivity contribution in [1.29, 1.82) is 0 Å². The van der Waals surface area contributed by atoms with E-state index in [-0.39, 0.29) is 11.9 Å². The van der Waals surface area contributed by atoms with E-state index in [9.17, 15) is 9.90 Å². The van der Waals surface area contributed by atoms with Crippen LogP contribution in [0.5, 0.6) is 0 Å². The normalized spacial score (nSPS) is 33.1. The first-order chi connectivity index (χ1) is 13.4. The van der Waals surface area contributed by atoms with Crippen LogP contribution in [0.3, 0.4) is 0 Å². The van der Waals surface area contributed by atoms with Crippen molar-refractivity contribution in [2.75, 3.05) is 0 Å². The highest BCUT2D eigenvalue weighted by Gasteiger charge is 2.55. The first-order valence-corrected chi connectivity index (χ1v) is 10.4. The van der Waals surface area contributed by atoms with Gasteiger partial charge in [-0.3, -0.25) is 4.79 Å². The molecule has 0 aliphatic heterocycles. The van der Waals surface area contributed by atoms with Gasteiger partial charge in [-0.25, -0.2) is 9.97 Å². The highest BCUT2D eigenvalue weighted by molar-refractivity contribution is 6.33. The van der Waals surface area contributed by atoms with Crippen molar-refractivity contribution in [2.45, 2.75) is 50.7 Å². The third-order valence-electron chi connectivity index (χ3n) is 6.82. The number of benzene rings is 1. The van der Waals surface area contributed by atoms with E-state index in [1.54, 1.807) is 19.2 Å². The van der Waals surface area contributed by atoms with E-state index in [4.69, 9.17) is 11.6 Å². The summed E-state index contributed by atoms with van der Waals surface area (Å²) in [6, 6.07) is 7.54. The van der Waals surface area contributed by atoms with Crippen molar-refractivity contribution < 1.29 is 9.90 Å². The van der Waals surface area contributed by atoms with Gasteiger partial charge < -0.3 is 10.4 Å². The molecule has 2 atom stereocenters. The standard InChI is InChI=1S/C22H24ClN3O2/c1-12-24-11-17(20(25-12)16-4-2-3-5-18(16)23)21(27)26-19-14-6-13-7-15(19)10-22(28,8-13)9-14/h2-5,11,13-15,19,28H,6-10H2,1H3,(H,26,27)/t13?,14?,15?,19-,22+. The van der Waals surface area contributed by atoms with Gasteiger partial charge in [-0.2, -0.15) is 0 Å². The summed E-state index contributed by atoms with van der Waals surface area (Å²) in [5.41, 5.74) is 1.25. The van der Waals surface area contributed by atoms with Gasteiger partial charge in [0.1, 0.15) is 5.82 Å². The number of amides is 1. The van der Waals surface area contributed by atoms with Crippen molar-refractivity contribution in [3.05, 3.63) is 46.9 Å². The molecule has 0 radical (unpaired) electrons. The van der Waals surface area contributed by atoms with E-state index in [1.165, 1.54) is 0 Å². The van der Waals surface area contributed by atoms with E-state index < -0.39 is 5.60 Å². The minimum atomic E-state index is -0.507. The SMILES string of the molecule is Cc1ncc(C(=O)N[C@H]2C3CC4CC2C[C@@](O)(C4)C3)c(-c2ccccc2Cl)n1. The van der Waals surface area contributed by atoms with Crippen LogP contribution in [0, 0.1) is 24.7 Å². The van der Waals surface area contributed by atoms with Crippen LogP contribution >= 0.6 is 11.6 Å². The highest BCUT2D eigenvalue weighted by atomic mass is 35.5. The van der Waals surface area contributed by atoms with Crippen LogP contribution in [0.2, 0.25) is 5.02 Å². The fourth-order valence-corrected chi connectivity index (χ4v) is 6.17. The number of aliphatic hydroxyl groups is 1. The van der Waals surface area contributed by atoms with Crippen molar-refractivity contribution in [3.8, 4) is 11.3 Å². The first kappa shape index (κ1) is 18.1. The van der Waals surface area contributed by atoms with Crippen LogP contribution < -0.4 is 5.32 Å². The quantitative estimate of drug-likeness (QED) is 0.826. The van der Waals surface area contributed by atoms with E-state index in [1.807, 2.05) is 18.2 Å². The fourth-order valence-electron chi connectivity index (χ4n) is 5.94. The van der Waals surface area contributed by atoms with Crippen molar-refractivity contribution in [3.63, 3.8) is 0 Å². The Kier molecular flexibility index (Phi) is 4.21. The van der Waals surface area contributed by atoms with E-state index in [0.29, 0.717) is 39.9 Å². The van der Waals surface area contributed by atoms with Crippen molar-refractivity contribution in [2.24, 2.45) is 17.8 Å². The van der Waals surface area contributed by atoms with Crippen LogP contribution in [0.4, 0.5) is 0 Å². The Hall–Kier alpha value is -1.98. The van der Waals surface area contributed by atoms with Gasteiger partial charge in [0.2, 0.25) is 0 Å². The summed E-state index contributed by atoms with van der Waals surface area (Å²) in [5.74, 6) is 1.77. The largest absolute Gasteiger partial charge is 0.390 e. The molecule has 5 nitrogen and oxygen atoms in total. The maximum Gasteiger partial charge on any atom is 0.255 e. The number of halogens is 1. The number of nitrogens with zero attached hydrogens (tertiary/aromatic N) is 2. The summed E-state index contributed by atoms with van der Waals surface area (Å²) in [5, 5.41) is 14.6. The maximum atomic E-state index is 13.2. The summed E-state index contributed by atoms with van der Waals surface area (Å²) in [4.78, 5) is 22.0. The third-order valence-corrected chi connectivity index (χ3v) is 7.15. The number of aromatic nitrogens is 2. The van der Waals surface area contributed by atoms with Crippen molar-refractivity contribution >= 4 is 17.5 Å². The Balaban J connectivity index is 1.45. The lowest BCUT2D eigenvalue weighted by Crippen LogP contribution is -2.61. The summed E-state index contributed by atoms with van der Waals surface area (Å²) < 4.78 is 0. The van der Waals surface area contributed by atoms with Gasteiger partial charge in [0.05, 0.1) is 16.9 Å². The molecule has 2 unspecified atom stereocenters. The molecule has 146 valence electrons. The van der Waals surface area contributed by atoms with Crippen LogP contribution in [0.15, 0.2) is 30.5 Å². The Morgan fingerprint density at radius 3 is 2.61 bits per heavy atom. The van der Waals surface area contributed by atoms with Crippen LogP contribution in [0.25, 0.3) is 11.3 Å². The van der Waals surface area contributed by atoms with Crippen molar-refractivity contribution in [1.82, 2.24) is 15.3 Å². The molecule has 4 aliphatic rings. The molecule has 4 bridgehead atoms. The van der Waals surface area contributed by atoms with E-state index in [2.05, 4.69) is 15.3 Å². The number of carbonyl (C=O) groups excluding carboxylic acids is 1. The van der Waals surface area contributed by atoms with Gasteiger partial charge in [-0.05, 0) is 62.8 Å². The fraction of sp³-hybridized carbons (Fsp3) is 0.500. The highest BCUT2D eigenvalue weighted by Crippen LogP contribution is 2.55. The molecule has 2 N–H and O–H groups in total. The number of rotatable bonds is 3. The molecular weight excluding hydrogens is 374 g/mol. The third kappa shape index (κ3) is 3.01. The number of aryl methyl sites for hydroxylation is 1. The Morgan fingerprint density at radius 2 is 1.93 bits per heavy atom. The molecule has 2 aromatic rings. The Morgan fingerprint density at radius 1 is 1.21 bits per heavy atom. The predicted octanol–water partition coefficient (Wildman–Crippen LogP) is 3.77. The van der Waals surface area contributed by atoms with Gasteiger partial charge in [0.25, 0.3) is 5.91 Å². The molecule has 6 rings (SSSR count). The molecule has 0 spiro atoms. The topological polar surface area (TPSA) is 75.1 Å². The molecule has 4 aliphatic carbocycles. The summed E-state index contributed by atoms with van der Waals surface area (Å²) in [6.07, 6.45) is 6.33. The van der Waals surface area contributed by atoms with Gasteiger partial charge in [0.15, 0.2) is 0 Å². The zero-order valence-electron chi connectivity index (χ0n) is 15.9. The maximum absolute atomic E-state index is 13.2. The summed E-state index contributed by atoms with van der Waals surface area (Å²) in [7, 11) is 0. The van der Waals surface area contributed by atoms with Crippen LogP contribution in [0.1, 0.15) is 48.3 Å². The predicted molar refractivity (Wildman–Crippen MR) is 107 cm³/mol. The molecule has 4 saturated carbocycles. The summed E-state index contributed by atoms with van der Waals surface area (Å²) >= 11 is 6.37. The number of nitrogens with one attached hydrogen (secondary N) is 1. The van der Waals surface area contributed by atoms with E-state index >= 15 is 0 Å². The van der Waals surface area contributed by atoms with Gasteiger partial charge in [-0.1, -0.05) is 29.8 Å². The van der Waals surface area contributed by atoms with Gasteiger partial charge in [0, 0.05) is 22.8 Å². The lowest BCUT2D eigenvalue weighted by molar-refractivity contribution is -0.136. The van der Waals surface area contributed by atoms with Crippen LogP contribution in [-0.2, 0) is 0 Å². The average molecular weight is 398 g/mol. The second kappa shape index (κ2) is 6.53. The number of carbonyl (C=O) groups is 1. The molecule has 4 fully saturated rings. The average Bonchev–Trinajstić information content (AvgIpc) is 2.63. The van der Waals surface area contributed by atoms with Gasteiger partial charge in [-0.15, -0.1) is 0 Å². The Labute approximate surface area is 169 Å². The lowest BCUT2D eigenvalue weighted by Gasteiger charge is -2.58. The molecule has 1 aromatic carbocycles. The first-order valence-electron chi connectivity index (χ1n) is 10.0. The van der Waals surface area contributed by atoms with E-state index in [0.717, 1.165) is 37.7 Å². The summed E-state index contributed by atoms with van der Waals surface area (Å²) in [6.45, 7) is 1.81. The monoisotopic (exact) mass is 397 g/mol. The minimum absolute atomic E-state index is 0.115. The number of hydrogen-bond acceptors (Lipinski definition) is 4. The molecule has 1 heterocycles. The zero-order chi connectivity index (χ0) is 19.5. The number of hydrogen-bond donors (Lipinski definition) is 2. The molecule has 0 saturated heterocycles. The second-order valence-corrected chi connectivity index (χ2v) is 9.26. The van der Waals surface area contributed by atoms with Gasteiger partial charge >= 0.3 is 0 Å². The molecule has 1 aromatic heterocycles. The smallest absolute Gasteiger partial charge is 0.255 e. The minimum Gasteiger partial charge on any atom is -0.390 e. The second-order valence-electron chi connectivity index (χ2n) is 8.85. The zero-order valence-corrected chi connectivity index (χ0v) is 16.6. The molecule has 6 heteroatoms. The lowest BCUT2D eigenvalue weighted by atomic mass is 9.52.